The highest BCUT2D eigenvalue weighted by molar-refractivity contribution is 9.10. The average Bonchev–Trinajstić information content (AvgIpc) is 2.43. The van der Waals surface area contributed by atoms with Gasteiger partial charge in [0.1, 0.15) is 5.75 Å². The molecular weight excluding hydrogens is 302 g/mol. The summed E-state index contributed by atoms with van der Waals surface area (Å²) < 4.78 is 6.62. The van der Waals surface area contributed by atoms with E-state index < -0.39 is 0 Å². The molecule has 0 saturated heterocycles. The van der Waals surface area contributed by atoms with Gasteiger partial charge in [-0.15, -0.1) is 0 Å². The third-order valence-corrected chi connectivity index (χ3v) is 4.87. The standard InChI is InChI=1S/C16H24BrNO/c1-11-4-6-12(7-5-11)16(18-2)14-9-8-13(17)10-15(14)19-3/h8-12,16,18H,4-7H2,1-3H3. The first-order chi connectivity index (χ1) is 9.15. The molecule has 0 amide bonds. The van der Waals surface area contributed by atoms with Crippen LogP contribution in [-0.2, 0) is 0 Å². The summed E-state index contributed by atoms with van der Waals surface area (Å²) in [4.78, 5) is 0. The van der Waals surface area contributed by atoms with Crippen LogP contribution in [-0.4, -0.2) is 14.2 Å². The predicted molar refractivity (Wildman–Crippen MR) is 83.6 cm³/mol. The van der Waals surface area contributed by atoms with Crippen molar-refractivity contribution in [2.75, 3.05) is 14.2 Å². The molecule has 1 aliphatic carbocycles. The van der Waals surface area contributed by atoms with Crippen LogP contribution in [0.25, 0.3) is 0 Å². The normalized spacial score (nSPS) is 25.1. The van der Waals surface area contributed by atoms with Crippen LogP contribution < -0.4 is 10.1 Å². The first-order valence-electron chi connectivity index (χ1n) is 7.16. The number of nitrogens with one attached hydrogen (secondary N) is 1. The van der Waals surface area contributed by atoms with Gasteiger partial charge in [-0.25, -0.2) is 0 Å². The molecule has 2 rings (SSSR count). The van der Waals surface area contributed by atoms with Crippen molar-refractivity contribution in [2.45, 2.75) is 38.6 Å². The van der Waals surface area contributed by atoms with Gasteiger partial charge in [-0.05, 0) is 43.9 Å². The van der Waals surface area contributed by atoms with Gasteiger partial charge in [-0.1, -0.05) is 41.8 Å². The Balaban J connectivity index is 2.21. The van der Waals surface area contributed by atoms with Gasteiger partial charge in [0.25, 0.3) is 0 Å². The lowest BCUT2D eigenvalue weighted by Gasteiger charge is -2.33. The van der Waals surface area contributed by atoms with Gasteiger partial charge in [-0.3, -0.25) is 0 Å². The predicted octanol–water partition coefficient (Wildman–Crippen LogP) is 4.54. The van der Waals surface area contributed by atoms with Crippen LogP contribution in [0.3, 0.4) is 0 Å². The van der Waals surface area contributed by atoms with Gasteiger partial charge in [0.05, 0.1) is 7.11 Å². The van der Waals surface area contributed by atoms with Gasteiger partial charge < -0.3 is 10.1 Å². The Kier molecular flexibility index (Phi) is 5.28. The summed E-state index contributed by atoms with van der Waals surface area (Å²) in [5.41, 5.74) is 1.28. The minimum absolute atomic E-state index is 0.399. The number of benzene rings is 1. The molecule has 1 aromatic carbocycles. The lowest BCUT2D eigenvalue weighted by atomic mass is 9.77. The molecule has 0 spiro atoms. The molecule has 1 unspecified atom stereocenters. The van der Waals surface area contributed by atoms with E-state index in [9.17, 15) is 0 Å². The average molecular weight is 326 g/mol. The molecule has 1 N–H and O–H groups in total. The maximum atomic E-state index is 5.55. The number of methoxy groups -OCH3 is 1. The van der Waals surface area contributed by atoms with Crippen LogP contribution in [0, 0.1) is 11.8 Å². The summed E-state index contributed by atoms with van der Waals surface area (Å²) in [7, 11) is 3.81. The molecule has 1 atom stereocenters. The second kappa shape index (κ2) is 6.76. The maximum absolute atomic E-state index is 5.55. The molecule has 1 aromatic rings. The molecule has 106 valence electrons. The van der Waals surface area contributed by atoms with Crippen molar-refractivity contribution < 1.29 is 4.74 Å². The number of halogens is 1. The highest BCUT2D eigenvalue weighted by Gasteiger charge is 2.28. The monoisotopic (exact) mass is 325 g/mol. The molecule has 19 heavy (non-hydrogen) atoms. The van der Waals surface area contributed by atoms with Gasteiger partial charge in [0.2, 0.25) is 0 Å². The number of hydrogen-bond acceptors (Lipinski definition) is 2. The van der Waals surface area contributed by atoms with E-state index in [1.807, 2.05) is 0 Å². The molecule has 0 aliphatic heterocycles. The summed E-state index contributed by atoms with van der Waals surface area (Å²) in [6.07, 6.45) is 5.32. The molecule has 3 heteroatoms. The highest BCUT2D eigenvalue weighted by Crippen LogP contribution is 2.40. The summed E-state index contributed by atoms with van der Waals surface area (Å²) in [5, 5.41) is 3.50. The Hall–Kier alpha value is -0.540. The molecule has 0 radical (unpaired) electrons. The molecule has 0 heterocycles. The molecule has 1 saturated carbocycles. The second-order valence-corrected chi connectivity index (χ2v) is 6.59. The molecule has 1 aliphatic rings. The van der Waals surface area contributed by atoms with Crippen molar-refractivity contribution in [2.24, 2.45) is 11.8 Å². The van der Waals surface area contributed by atoms with Crippen LogP contribution in [0.15, 0.2) is 22.7 Å². The molecule has 2 nitrogen and oxygen atoms in total. The summed E-state index contributed by atoms with van der Waals surface area (Å²) in [5.74, 6) is 2.59. The Bertz CT molecular complexity index is 413. The third kappa shape index (κ3) is 3.51. The fraction of sp³-hybridized carbons (Fsp3) is 0.625. The first-order valence-corrected chi connectivity index (χ1v) is 7.95. The molecule has 0 aromatic heterocycles. The van der Waals surface area contributed by atoms with Crippen molar-refractivity contribution in [3.05, 3.63) is 28.2 Å². The zero-order valence-corrected chi connectivity index (χ0v) is 13.7. The van der Waals surface area contributed by atoms with Crippen molar-refractivity contribution in [1.82, 2.24) is 5.32 Å². The Morgan fingerprint density at radius 3 is 2.53 bits per heavy atom. The van der Waals surface area contributed by atoms with Crippen LogP contribution in [0.2, 0.25) is 0 Å². The SMILES string of the molecule is CNC(c1ccc(Br)cc1OC)C1CCC(C)CC1. The Morgan fingerprint density at radius 1 is 1.26 bits per heavy atom. The lowest BCUT2D eigenvalue weighted by Crippen LogP contribution is -2.28. The first kappa shape index (κ1) is 14.9. The molecule has 0 bridgehead atoms. The minimum atomic E-state index is 0.399. The number of hydrogen-bond donors (Lipinski definition) is 1. The summed E-state index contributed by atoms with van der Waals surface area (Å²) in [6.45, 7) is 2.37. The van der Waals surface area contributed by atoms with Crippen LogP contribution in [0.4, 0.5) is 0 Å². The van der Waals surface area contributed by atoms with Gasteiger partial charge in [-0.2, -0.15) is 0 Å². The van der Waals surface area contributed by atoms with Gasteiger partial charge in [0, 0.05) is 16.1 Å². The van der Waals surface area contributed by atoms with Gasteiger partial charge >= 0.3 is 0 Å². The fourth-order valence-corrected chi connectivity index (χ4v) is 3.55. The van der Waals surface area contributed by atoms with Crippen molar-refractivity contribution in [1.29, 1.82) is 0 Å². The smallest absolute Gasteiger partial charge is 0.124 e. The topological polar surface area (TPSA) is 21.3 Å². The summed E-state index contributed by atoms with van der Waals surface area (Å²) >= 11 is 3.51. The zero-order valence-electron chi connectivity index (χ0n) is 12.1. The fourth-order valence-electron chi connectivity index (χ4n) is 3.21. The summed E-state index contributed by atoms with van der Waals surface area (Å²) in [6, 6.07) is 6.75. The van der Waals surface area contributed by atoms with E-state index in [-0.39, 0.29) is 0 Å². The van der Waals surface area contributed by atoms with E-state index in [0.29, 0.717) is 6.04 Å². The van der Waals surface area contributed by atoms with Crippen LogP contribution in [0.1, 0.15) is 44.2 Å². The lowest BCUT2D eigenvalue weighted by molar-refractivity contribution is 0.234. The largest absolute Gasteiger partial charge is 0.496 e. The number of rotatable bonds is 4. The van der Waals surface area contributed by atoms with E-state index in [1.54, 1.807) is 7.11 Å². The van der Waals surface area contributed by atoms with E-state index in [2.05, 4.69) is 53.4 Å². The minimum Gasteiger partial charge on any atom is -0.496 e. The van der Waals surface area contributed by atoms with E-state index in [0.717, 1.165) is 22.1 Å². The zero-order chi connectivity index (χ0) is 13.8. The van der Waals surface area contributed by atoms with Crippen LogP contribution in [0.5, 0.6) is 5.75 Å². The second-order valence-electron chi connectivity index (χ2n) is 5.67. The third-order valence-electron chi connectivity index (χ3n) is 4.37. The maximum Gasteiger partial charge on any atom is 0.124 e. The molecular formula is C16H24BrNO. The van der Waals surface area contributed by atoms with Crippen LogP contribution >= 0.6 is 15.9 Å². The van der Waals surface area contributed by atoms with E-state index >= 15 is 0 Å². The quantitative estimate of drug-likeness (QED) is 0.877. The number of ether oxygens (including phenoxy) is 1. The van der Waals surface area contributed by atoms with Crippen molar-refractivity contribution in [3.8, 4) is 5.75 Å². The Morgan fingerprint density at radius 2 is 1.95 bits per heavy atom. The van der Waals surface area contributed by atoms with Crippen molar-refractivity contribution >= 4 is 15.9 Å². The van der Waals surface area contributed by atoms with Gasteiger partial charge in [0.15, 0.2) is 0 Å². The van der Waals surface area contributed by atoms with Crippen molar-refractivity contribution in [3.63, 3.8) is 0 Å². The highest BCUT2D eigenvalue weighted by atomic mass is 79.9. The Labute approximate surface area is 125 Å². The molecule has 1 fully saturated rings. The van der Waals surface area contributed by atoms with E-state index in [4.69, 9.17) is 4.74 Å². The van der Waals surface area contributed by atoms with E-state index in [1.165, 1.54) is 31.2 Å².